The van der Waals surface area contributed by atoms with E-state index in [1.54, 1.807) is 0 Å². The van der Waals surface area contributed by atoms with E-state index in [-0.39, 0.29) is 12.2 Å². The van der Waals surface area contributed by atoms with Crippen LogP contribution in [0.1, 0.15) is 26.7 Å². The topological polar surface area (TPSA) is 29.5 Å². The molecule has 0 radical (unpaired) electrons. The van der Waals surface area contributed by atoms with Crippen molar-refractivity contribution in [1.29, 1.82) is 0 Å². The van der Waals surface area contributed by atoms with Gasteiger partial charge < -0.3 is 9.84 Å². The van der Waals surface area contributed by atoms with Crippen LogP contribution in [0.3, 0.4) is 0 Å². The van der Waals surface area contributed by atoms with Crippen molar-refractivity contribution in [3.63, 3.8) is 0 Å². The second-order valence-corrected chi connectivity index (χ2v) is 3.69. The van der Waals surface area contributed by atoms with Gasteiger partial charge in [-0.15, -0.1) is 0 Å². The number of para-hydroxylation sites is 1. The van der Waals surface area contributed by atoms with Gasteiger partial charge in [-0.1, -0.05) is 25.1 Å². The van der Waals surface area contributed by atoms with Crippen LogP contribution in [0.5, 0.6) is 5.75 Å². The van der Waals surface area contributed by atoms with Crippen LogP contribution in [0.4, 0.5) is 0 Å². The summed E-state index contributed by atoms with van der Waals surface area (Å²) in [6.07, 6.45) is 1.56. The van der Waals surface area contributed by atoms with Gasteiger partial charge in [-0.25, -0.2) is 0 Å². The van der Waals surface area contributed by atoms with Crippen molar-refractivity contribution in [2.45, 2.75) is 32.3 Å². The van der Waals surface area contributed by atoms with Crippen molar-refractivity contribution >= 4 is 0 Å². The van der Waals surface area contributed by atoms with Crippen molar-refractivity contribution in [3.05, 3.63) is 30.3 Å². The van der Waals surface area contributed by atoms with Crippen LogP contribution in [0.2, 0.25) is 0 Å². The second-order valence-electron chi connectivity index (χ2n) is 3.69. The van der Waals surface area contributed by atoms with Crippen molar-refractivity contribution in [1.82, 2.24) is 0 Å². The molecule has 0 aliphatic carbocycles. The van der Waals surface area contributed by atoms with Gasteiger partial charge in [0.1, 0.15) is 11.4 Å². The summed E-state index contributed by atoms with van der Waals surface area (Å²) >= 11 is 0. The van der Waals surface area contributed by atoms with Gasteiger partial charge in [0.2, 0.25) is 0 Å². The molecule has 0 aromatic heterocycles. The molecule has 2 nitrogen and oxygen atoms in total. The molecule has 1 atom stereocenters. The molecular formula is C12H18O2. The number of ether oxygens (including phenoxy) is 1. The molecule has 1 unspecified atom stereocenters. The van der Waals surface area contributed by atoms with Gasteiger partial charge in [-0.05, 0) is 25.5 Å². The Kier molecular flexibility index (Phi) is 3.96. The molecule has 14 heavy (non-hydrogen) atoms. The van der Waals surface area contributed by atoms with E-state index in [2.05, 4.69) is 6.92 Å². The molecule has 0 aliphatic rings. The fourth-order valence-corrected chi connectivity index (χ4v) is 1.31. The lowest BCUT2D eigenvalue weighted by molar-refractivity contribution is 0.0550. The summed E-state index contributed by atoms with van der Waals surface area (Å²) < 4.78 is 5.83. The number of rotatable bonds is 5. The summed E-state index contributed by atoms with van der Waals surface area (Å²) in [5, 5.41) is 8.93. The normalized spacial score (nSPS) is 14.8. The van der Waals surface area contributed by atoms with Gasteiger partial charge >= 0.3 is 0 Å². The van der Waals surface area contributed by atoms with Crippen LogP contribution in [0.15, 0.2) is 30.3 Å². The van der Waals surface area contributed by atoms with E-state index in [0.717, 1.165) is 12.2 Å². The Bertz CT molecular complexity index is 258. The molecule has 1 aromatic carbocycles. The van der Waals surface area contributed by atoms with Crippen molar-refractivity contribution in [3.8, 4) is 5.75 Å². The van der Waals surface area contributed by atoms with E-state index in [4.69, 9.17) is 9.84 Å². The molecule has 0 spiro atoms. The lowest BCUT2D eigenvalue weighted by Crippen LogP contribution is -2.32. The maximum Gasteiger partial charge on any atom is 0.120 e. The number of hydrogen-bond acceptors (Lipinski definition) is 2. The largest absolute Gasteiger partial charge is 0.488 e. The Hall–Kier alpha value is -1.02. The van der Waals surface area contributed by atoms with Gasteiger partial charge in [-0.2, -0.15) is 0 Å². The third-order valence-electron chi connectivity index (χ3n) is 2.50. The highest BCUT2D eigenvalue weighted by Gasteiger charge is 2.23. The minimum absolute atomic E-state index is 0.164. The molecule has 0 aliphatic heterocycles. The smallest absolute Gasteiger partial charge is 0.120 e. The van der Waals surface area contributed by atoms with E-state index >= 15 is 0 Å². The van der Waals surface area contributed by atoms with Crippen LogP contribution < -0.4 is 4.74 Å². The maximum absolute atomic E-state index is 8.93. The molecule has 0 fully saturated rings. The molecule has 1 aromatic rings. The first-order valence-corrected chi connectivity index (χ1v) is 5.05. The van der Waals surface area contributed by atoms with Gasteiger partial charge in [0.05, 0.1) is 0 Å². The third-order valence-corrected chi connectivity index (χ3v) is 2.50. The fraction of sp³-hybridized carbons (Fsp3) is 0.500. The Labute approximate surface area is 85.5 Å². The van der Waals surface area contributed by atoms with Crippen LogP contribution in [0, 0.1) is 0 Å². The average Bonchev–Trinajstić information content (AvgIpc) is 2.20. The van der Waals surface area contributed by atoms with E-state index in [9.17, 15) is 0 Å². The standard InChI is InChI=1S/C12H18O2/c1-3-12(2,9-10-13)14-11-7-5-4-6-8-11/h4-8,13H,3,9-10H2,1-2H3. The van der Waals surface area contributed by atoms with Crippen LogP contribution >= 0.6 is 0 Å². The highest BCUT2D eigenvalue weighted by Crippen LogP contribution is 2.23. The summed E-state index contributed by atoms with van der Waals surface area (Å²) in [4.78, 5) is 0. The molecule has 0 saturated heterocycles. The average molecular weight is 194 g/mol. The molecule has 78 valence electrons. The predicted octanol–water partition coefficient (Wildman–Crippen LogP) is 2.62. The molecule has 1 N–H and O–H groups in total. The molecule has 1 rings (SSSR count). The SMILES string of the molecule is CCC(C)(CCO)Oc1ccccc1. The van der Waals surface area contributed by atoms with Gasteiger partial charge in [0, 0.05) is 13.0 Å². The van der Waals surface area contributed by atoms with E-state index < -0.39 is 0 Å². The number of benzene rings is 1. The summed E-state index contributed by atoms with van der Waals surface area (Å²) in [7, 11) is 0. The first kappa shape index (κ1) is 11.1. The van der Waals surface area contributed by atoms with Gasteiger partial charge in [0.25, 0.3) is 0 Å². The third kappa shape index (κ3) is 3.04. The number of aliphatic hydroxyl groups is 1. The molecule has 0 bridgehead atoms. The van der Waals surface area contributed by atoms with Crippen molar-refractivity contribution in [2.75, 3.05) is 6.61 Å². The van der Waals surface area contributed by atoms with Crippen molar-refractivity contribution in [2.24, 2.45) is 0 Å². The zero-order valence-corrected chi connectivity index (χ0v) is 8.86. The lowest BCUT2D eigenvalue weighted by Gasteiger charge is -2.28. The Balaban J connectivity index is 2.65. The molecular weight excluding hydrogens is 176 g/mol. The molecule has 0 amide bonds. The maximum atomic E-state index is 8.93. The predicted molar refractivity (Wildman–Crippen MR) is 57.5 cm³/mol. The number of aliphatic hydroxyl groups excluding tert-OH is 1. The van der Waals surface area contributed by atoms with E-state index in [1.807, 2.05) is 37.3 Å². The summed E-state index contributed by atoms with van der Waals surface area (Å²) in [6, 6.07) is 9.73. The van der Waals surface area contributed by atoms with Crippen LogP contribution in [-0.4, -0.2) is 17.3 Å². The van der Waals surface area contributed by atoms with E-state index in [1.165, 1.54) is 0 Å². The summed E-state index contributed by atoms with van der Waals surface area (Å²) in [6.45, 7) is 4.26. The zero-order chi connectivity index (χ0) is 10.4. The van der Waals surface area contributed by atoms with Crippen molar-refractivity contribution < 1.29 is 9.84 Å². The fourth-order valence-electron chi connectivity index (χ4n) is 1.31. The quantitative estimate of drug-likeness (QED) is 0.780. The highest BCUT2D eigenvalue weighted by molar-refractivity contribution is 5.21. The molecule has 0 heterocycles. The van der Waals surface area contributed by atoms with Crippen LogP contribution in [0.25, 0.3) is 0 Å². The monoisotopic (exact) mass is 194 g/mol. The first-order chi connectivity index (χ1) is 6.70. The Morgan fingerprint density at radius 1 is 1.29 bits per heavy atom. The zero-order valence-electron chi connectivity index (χ0n) is 8.86. The Morgan fingerprint density at radius 3 is 2.43 bits per heavy atom. The second kappa shape index (κ2) is 5.01. The molecule has 2 heteroatoms. The first-order valence-electron chi connectivity index (χ1n) is 5.05. The highest BCUT2D eigenvalue weighted by atomic mass is 16.5. The molecule has 0 saturated carbocycles. The Morgan fingerprint density at radius 2 is 1.93 bits per heavy atom. The minimum Gasteiger partial charge on any atom is -0.488 e. The summed E-state index contributed by atoms with van der Waals surface area (Å²) in [5.41, 5.74) is -0.254. The van der Waals surface area contributed by atoms with E-state index in [0.29, 0.717) is 6.42 Å². The summed E-state index contributed by atoms with van der Waals surface area (Å²) in [5.74, 6) is 0.866. The van der Waals surface area contributed by atoms with Gasteiger partial charge in [-0.3, -0.25) is 0 Å². The number of hydrogen-bond donors (Lipinski definition) is 1. The lowest BCUT2D eigenvalue weighted by atomic mass is 9.99. The minimum atomic E-state index is -0.254. The van der Waals surface area contributed by atoms with Crippen LogP contribution in [-0.2, 0) is 0 Å². The van der Waals surface area contributed by atoms with Gasteiger partial charge in [0.15, 0.2) is 0 Å².